The molecule has 30 heavy (non-hydrogen) atoms. The van der Waals surface area contributed by atoms with Gasteiger partial charge in [0.2, 0.25) is 0 Å². The van der Waals surface area contributed by atoms with E-state index in [0.717, 1.165) is 5.56 Å². The number of hydrogen-bond acceptors (Lipinski definition) is 6. The molecule has 8 heteroatoms. The monoisotopic (exact) mass is 410 g/mol. The molecule has 4 rings (SSSR count). The van der Waals surface area contributed by atoms with E-state index < -0.39 is 0 Å². The van der Waals surface area contributed by atoms with Gasteiger partial charge in [0.25, 0.3) is 11.8 Å². The number of rotatable bonds is 5. The van der Waals surface area contributed by atoms with Crippen LogP contribution in [-0.4, -0.2) is 66.7 Å². The molecule has 1 aromatic carbocycles. The molecule has 2 aliphatic heterocycles. The standard InChI is InChI=1S/C22H26N4O4/c1-14-4-5-16(6-19(14)25-20(27)17-7-23-15(2)24-8-17)21(28)26-9-18-10-30-13-22(18,11-26)12-29-3/h4-8,18H,9-13H2,1-3H3,(H,25,27)/t18-,22-/m0/s1. The minimum atomic E-state index is -0.311. The van der Waals surface area contributed by atoms with Crippen molar-refractivity contribution in [1.29, 1.82) is 0 Å². The van der Waals surface area contributed by atoms with Gasteiger partial charge in [-0.05, 0) is 31.5 Å². The van der Waals surface area contributed by atoms with E-state index in [9.17, 15) is 9.59 Å². The lowest BCUT2D eigenvalue weighted by molar-refractivity contribution is 0.0489. The number of fused-ring (bicyclic) bond motifs is 1. The molecule has 2 aliphatic rings. The molecule has 1 N–H and O–H groups in total. The Morgan fingerprint density at radius 3 is 2.77 bits per heavy atom. The molecule has 3 heterocycles. The van der Waals surface area contributed by atoms with Gasteiger partial charge in [-0.2, -0.15) is 0 Å². The van der Waals surface area contributed by atoms with Gasteiger partial charge in [0, 0.05) is 55.2 Å². The second-order valence-corrected chi connectivity index (χ2v) is 8.20. The van der Waals surface area contributed by atoms with Crippen molar-refractivity contribution in [1.82, 2.24) is 14.9 Å². The molecule has 0 aliphatic carbocycles. The number of aryl methyl sites for hydroxylation is 2. The van der Waals surface area contributed by atoms with Crippen LogP contribution in [0.3, 0.4) is 0 Å². The number of likely N-dealkylation sites (tertiary alicyclic amines) is 1. The molecule has 8 nitrogen and oxygen atoms in total. The molecule has 0 spiro atoms. The first-order valence-corrected chi connectivity index (χ1v) is 9.98. The molecule has 2 atom stereocenters. The van der Waals surface area contributed by atoms with Crippen LogP contribution in [0.1, 0.15) is 32.1 Å². The molecule has 2 fully saturated rings. The Morgan fingerprint density at radius 2 is 2.03 bits per heavy atom. The summed E-state index contributed by atoms with van der Waals surface area (Å²) in [5.74, 6) is 0.526. The second kappa shape index (κ2) is 8.12. The Morgan fingerprint density at radius 1 is 1.27 bits per heavy atom. The number of carbonyl (C=O) groups excluding carboxylic acids is 2. The summed E-state index contributed by atoms with van der Waals surface area (Å²) in [5, 5.41) is 2.87. The molecular weight excluding hydrogens is 384 g/mol. The zero-order valence-electron chi connectivity index (χ0n) is 17.5. The van der Waals surface area contributed by atoms with Gasteiger partial charge in [0.15, 0.2) is 0 Å². The SMILES string of the molecule is COC[C@@]12COC[C@@H]1CN(C(=O)c1ccc(C)c(NC(=O)c3cnc(C)nc3)c1)C2. The van der Waals surface area contributed by atoms with E-state index in [1.54, 1.807) is 26.2 Å². The molecule has 2 amide bonds. The summed E-state index contributed by atoms with van der Waals surface area (Å²) in [7, 11) is 1.68. The average Bonchev–Trinajstić information content (AvgIpc) is 3.27. The largest absolute Gasteiger partial charge is 0.384 e. The number of ether oxygens (including phenoxy) is 2. The highest BCUT2D eigenvalue weighted by Gasteiger charge is 2.51. The summed E-state index contributed by atoms with van der Waals surface area (Å²) in [6, 6.07) is 5.38. The van der Waals surface area contributed by atoms with E-state index in [1.807, 2.05) is 17.9 Å². The van der Waals surface area contributed by atoms with Crippen molar-refractivity contribution < 1.29 is 19.1 Å². The number of carbonyl (C=O) groups is 2. The Labute approximate surface area is 175 Å². The predicted molar refractivity (Wildman–Crippen MR) is 110 cm³/mol. The third kappa shape index (κ3) is 3.80. The van der Waals surface area contributed by atoms with Crippen LogP contribution in [0.5, 0.6) is 0 Å². The summed E-state index contributed by atoms with van der Waals surface area (Å²) in [6.07, 6.45) is 2.98. The first kappa shape index (κ1) is 20.4. The topological polar surface area (TPSA) is 93.7 Å². The number of amides is 2. The first-order chi connectivity index (χ1) is 14.4. The van der Waals surface area contributed by atoms with E-state index in [0.29, 0.717) is 55.5 Å². The molecule has 0 radical (unpaired) electrons. The summed E-state index contributed by atoms with van der Waals surface area (Å²) in [6.45, 7) is 6.76. The van der Waals surface area contributed by atoms with Gasteiger partial charge in [-0.25, -0.2) is 9.97 Å². The normalized spacial score (nSPS) is 22.8. The molecule has 158 valence electrons. The van der Waals surface area contributed by atoms with Gasteiger partial charge >= 0.3 is 0 Å². The Balaban J connectivity index is 1.51. The number of hydrogen-bond donors (Lipinski definition) is 1. The van der Waals surface area contributed by atoms with Crippen molar-refractivity contribution >= 4 is 17.5 Å². The summed E-state index contributed by atoms with van der Waals surface area (Å²) in [4.78, 5) is 35.7. The van der Waals surface area contributed by atoms with Gasteiger partial charge < -0.3 is 19.7 Å². The van der Waals surface area contributed by atoms with Crippen LogP contribution in [0.4, 0.5) is 5.69 Å². The number of nitrogens with one attached hydrogen (secondary N) is 1. The highest BCUT2D eigenvalue weighted by molar-refractivity contribution is 6.05. The van der Waals surface area contributed by atoms with E-state index in [4.69, 9.17) is 9.47 Å². The zero-order chi connectivity index (χ0) is 21.3. The van der Waals surface area contributed by atoms with Crippen molar-refractivity contribution in [2.75, 3.05) is 45.3 Å². The highest BCUT2D eigenvalue weighted by atomic mass is 16.5. The quantitative estimate of drug-likeness (QED) is 0.811. The third-order valence-electron chi connectivity index (χ3n) is 6.02. The maximum absolute atomic E-state index is 13.2. The van der Waals surface area contributed by atoms with Gasteiger partial charge in [-0.3, -0.25) is 9.59 Å². The van der Waals surface area contributed by atoms with Crippen LogP contribution >= 0.6 is 0 Å². The second-order valence-electron chi connectivity index (χ2n) is 8.20. The number of aromatic nitrogens is 2. The van der Waals surface area contributed by atoms with E-state index in [1.165, 1.54) is 12.4 Å². The van der Waals surface area contributed by atoms with Crippen LogP contribution in [0, 0.1) is 25.2 Å². The Kier molecular flexibility index (Phi) is 5.53. The van der Waals surface area contributed by atoms with Crippen LogP contribution in [0.25, 0.3) is 0 Å². The summed E-state index contributed by atoms with van der Waals surface area (Å²) in [5.41, 5.74) is 2.25. The van der Waals surface area contributed by atoms with Gasteiger partial charge in [-0.1, -0.05) is 6.07 Å². The number of nitrogens with zero attached hydrogens (tertiary/aromatic N) is 3. The predicted octanol–water partition coefficient (Wildman–Crippen LogP) is 2.08. The smallest absolute Gasteiger partial charge is 0.258 e. The van der Waals surface area contributed by atoms with Crippen molar-refractivity contribution in [3.63, 3.8) is 0 Å². The van der Waals surface area contributed by atoms with Crippen molar-refractivity contribution in [3.05, 3.63) is 53.1 Å². The minimum Gasteiger partial charge on any atom is -0.384 e. The lowest BCUT2D eigenvalue weighted by Gasteiger charge is -2.26. The Hall–Kier alpha value is -2.84. The third-order valence-corrected chi connectivity index (χ3v) is 6.02. The number of anilines is 1. The molecule has 0 bridgehead atoms. The number of methoxy groups -OCH3 is 1. The average molecular weight is 410 g/mol. The fraction of sp³-hybridized carbons (Fsp3) is 0.455. The highest BCUT2D eigenvalue weighted by Crippen LogP contribution is 2.42. The lowest BCUT2D eigenvalue weighted by atomic mass is 9.82. The van der Waals surface area contributed by atoms with Crippen molar-refractivity contribution in [2.24, 2.45) is 11.3 Å². The Bertz CT molecular complexity index is 962. The fourth-order valence-corrected chi connectivity index (χ4v) is 4.25. The molecule has 0 saturated carbocycles. The maximum Gasteiger partial charge on any atom is 0.258 e. The fourth-order valence-electron chi connectivity index (χ4n) is 4.25. The van der Waals surface area contributed by atoms with Gasteiger partial charge in [0.1, 0.15) is 5.82 Å². The van der Waals surface area contributed by atoms with E-state index in [2.05, 4.69) is 15.3 Å². The minimum absolute atomic E-state index is 0.0472. The summed E-state index contributed by atoms with van der Waals surface area (Å²) < 4.78 is 11.1. The van der Waals surface area contributed by atoms with Gasteiger partial charge in [-0.15, -0.1) is 0 Å². The molecular formula is C22H26N4O4. The maximum atomic E-state index is 13.2. The van der Waals surface area contributed by atoms with Crippen LogP contribution in [-0.2, 0) is 9.47 Å². The number of benzene rings is 1. The first-order valence-electron chi connectivity index (χ1n) is 9.98. The van der Waals surface area contributed by atoms with Crippen LogP contribution in [0.15, 0.2) is 30.6 Å². The van der Waals surface area contributed by atoms with Crippen LogP contribution < -0.4 is 5.32 Å². The molecule has 0 unspecified atom stereocenters. The lowest BCUT2D eigenvalue weighted by Crippen LogP contribution is -2.37. The van der Waals surface area contributed by atoms with Crippen molar-refractivity contribution in [3.8, 4) is 0 Å². The van der Waals surface area contributed by atoms with Crippen molar-refractivity contribution in [2.45, 2.75) is 13.8 Å². The molecule has 2 aromatic rings. The molecule has 1 aromatic heterocycles. The zero-order valence-corrected chi connectivity index (χ0v) is 17.5. The van der Waals surface area contributed by atoms with Gasteiger partial charge in [0.05, 0.1) is 25.4 Å². The van der Waals surface area contributed by atoms with E-state index in [-0.39, 0.29) is 23.1 Å². The molecule has 2 saturated heterocycles. The van der Waals surface area contributed by atoms with E-state index >= 15 is 0 Å². The summed E-state index contributed by atoms with van der Waals surface area (Å²) >= 11 is 0. The van der Waals surface area contributed by atoms with Crippen LogP contribution in [0.2, 0.25) is 0 Å².